The van der Waals surface area contributed by atoms with Gasteiger partial charge < -0.3 is 14.6 Å². The molecule has 0 spiro atoms. The fourth-order valence-corrected chi connectivity index (χ4v) is 2.93. The van der Waals surface area contributed by atoms with Crippen LogP contribution in [0, 0.1) is 0 Å². The predicted octanol–water partition coefficient (Wildman–Crippen LogP) is 5.34. The maximum Gasteiger partial charge on any atom is 0.328 e. The molecule has 0 bridgehead atoms. The zero-order valence-electron chi connectivity index (χ0n) is 14.5. The lowest BCUT2D eigenvalue weighted by atomic mass is 10.1. The highest BCUT2D eigenvalue weighted by atomic mass is 127. The van der Waals surface area contributed by atoms with Gasteiger partial charge in [0.05, 0.1) is 13.7 Å². The molecule has 0 fully saturated rings. The molecule has 24 heavy (non-hydrogen) atoms. The number of aliphatic carboxylic acids is 1. The van der Waals surface area contributed by atoms with Gasteiger partial charge in [0, 0.05) is 6.08 Å². The molecule has 4 nitrogen and oxygen atoms in total. The summed E-state index contributed by atoms with van der Waals surface area (Å²) in [6.45, 7) is 2.44. The Morgan fingerprint density at radius 2 is 1.79 bits per heavy atom. The standard InChI is InChI=1S/C19H27IO4/c1-15(13-19(21)22)16-9-10-17(18(14-16)23-2)24-12-8-6-4-3-5-7-11-20/h9-10,13-14H,3-8,11-12H2,1-2H3,(H,21,22)/b15-13+. The summed E-state index contributed by atoms with van der Waals surface area (Å²) in [4.78, 5) is 10.8. The Morgan fingerprint density at radius 1 is 1.12 bits per heavy atom. The van der Waals surface area contributed by atoms with E-state index < -0.39 is 5.97 Å². The van der Waals surface area contributed by atoms with Gasteiger partial charge in [-0.1, -0.05) is 54.3 Å². The number of halogens is 1. The van der Waals surface area contributed by atoms with E-state index in [0.29, 0.717) is 23.7 Å². The molecular formula is C19H27IO4. The Bertz CT molecular complexity index is 540. The Labute approximate surface area is 158 Å². The molecule has 0 unspecified atom stereocenters. The van der Waals surface area contributed by atoms with Crippen LogP contribution in [0.1, 0.15) is 51.0 Å². The van der Waals surface area contributed by atoms with Crippen molar-refractivity contribution in [1.29, 1.82) is 0 Å². The van der Waals surface area contributed by atoms with Crippen LogP contribution in [0.15, 0.2) is 24.3 Å². The summed E-state index contributed by atoms with van der Waals surface area (Å²) in [6, 6.07) is 5.51. The van der Waals surface area contributed by atoms with E-state index in [0.717, 1.165) is 12.0 Å². The molecule has 1 aromatic rings. The first-order chi connectivity index (χ1) is 11.6. The number of benzene rings is 1. The molecule has 0 amide bonds. The van der Waals surface area contributed by atoms with E-state index in [9.17, 15) is 4.79 Å². The molecule has 0 atom stereocenters. The van der Waals surface area contributed by atoms with Gasteiger partial charge >= 0.3 is 5.97 Å². The molecule has 0 aliphatic heterocycles. The van der Waals surface area contributed by atoms with Crippen LogP contribution in [-0.2, 0) is 4.79 Å². The Morgan fingerprint density at radius 3 is 2.42 bits per heavy atom. The van der Waals surface area contributed by atoms with Gasteiger partial charge in [0.1, 0.15) is 0 Å². The third-order valence-electron chi connectivity index (χ3n) is 3.74. The van der Waals surface area contributed by atoms with Crippen molar-refractivity contribution in [3.8, 4) is 11.5 Å². The van der Waals surface area contributed by atoms with E-state index in [2.05, 4.69) is 22.6 Å². The van der Waals surface area contributed by atoms with Crippen LogP contribution >= 0.6 is 22.6 Å². The number of hydrogen-bond donors (Lipinski definition) is 1. The molecule has 134 valence electrons. The molecule has 1 aromatic carbocycles. The molecule has 1 rings (SSSR count). The van der Waals surface area contributed by atoms with E-state index in [-0.39, 0.29) is 0 Å². The average Bonchev–Trinajstić information content (AvgIpc) is 2.56. The summed E-state index contributed by atoms with van der Waals surface area (Å²) in [5.74, 6) is 0.382. The lowest BCUT2D eigenvalue weighted by Crippen LogP contribution is -2.00. The molecule has 0 heterocycles. The van der Waals surface area contributed by atoms with Gasteiger partial charge in [0.15, 0.2) is 11.5 Å². The number of ether oxygens (including phenoxy) is 2. The van der Waals surface area contributed by atoms with Crippen LogP contribution in [0.4, 0.5) is 0 Å². The second-order valence-corrected chi connectivity index (χ2v) is 6.77. The van der Waals surface area contributed by atoms with E-state index >= 15 is 0 Å². The van der Waals surface area contributed by atoms with Gasteiger partial charge in [-0.25, -0.2) is 4.79 Å². The van der Waals surface area contributed by atoms with Gasteiger partial charge in [0.2, 0.25) is 0 Å². The first kappa shape index (κ1) is 20.8. The van der Waals surface area contributed by atoms with E-state index in [1.165, 1.54) is 42.6 Å². The van der Waals surface area contributed by atoms with Crippen LogP contribution in [0.2, 0.25) is 0 Å². The quantitative estimate of drug-likeness (QED) is 0.204. The monoisotopic (exact) mass is 446 g/mol. The second kappa shape index (κ2) is 12.2. The van der Waals surface area contributed by atoms with Crippen molar-refractivity contribution in [2.45, 2.75) is 45.4 Å². The molecule has 1 N–H and O–H groups in total. The minimum absolute atomic E-state index is 0.632. The lowest BCUT2D eigenvalue weighted by Gasteiger charge is -2.12. The van der Waals surface area contributed by atoms with Crippen molar-refractivity contribution >= 4 is 34.1 Å². The van der Waals surface area contributed by atoms with Crippen LogP contribution < -0.4 is 9.47 Å². The first-order valence-corrected chi connectivity index (χ1v) is 9.89. The van der Waals surface area contributed by atoms with Crippen molar-refractivity contribution < 1.29 is 19.4 Å². The number of carbonyl (C=O) groups is 1. The first-order valence-electron chi connectivity index (χ1n) is 8.37. The molecule has 0 aliphatic rings. The molecule has 0 saturated heterocycles. The topological polar surface area (TPSA) is 55.8 Å². The summed E-state index contributed by atoms with van der Waals surface area (Å²) in [6.07, 6.45) is 8.60. The van der Waals surface area contributed by atoms with Gasteiger partial charge in [-0.3, -0.25) is 0 Å². The summed E-state index contributed by atoms with van der Waals surface area (Å²) < 4.78 is 12.4. The van der Waals surface area contributed by atoms with Gasteiger partial charge in [-0.2, -0.15) is 0 Å². The van der Waals surface area contributed by atoms with Gasteiger partial charge in [0.25, 0.3) is 0 Å². The van der Waals surface area contributed by atoms with Crippen LogP contribution in [-0.4, -0.2) is 29.2 Å². The van der Waals surface area contributed by atoms with Gasteiger partial charge in [-0.15, -0.1) is 0 Å². The summed E-state index contributed by atoms with van der Waals surface area (Å²) >= 11 is 2.42. The molecular weight excluding hydrogens is 419 g/mol. The smallest absolute Gasteiger partial charge is 0.328 e. The largest absolute Gasteiger partial charge is 0.493 e. The normalized spacial score (nSPS) is 11.4. The minimum Gasteiger partial charge on any atom is -0.493 e. The SMILES string of the molecule is COc1cc(/C(C)=C/C(=O)O)ccc1OCCCCCCCCI. The average molecular weight is 446 g/mol. The van der Waals surface area contributed by atoms with Gasteiger partial charge in [-0.05, 0) is 47.5 Å². The number of methoxy groups -OCH3 is 1. The molecule has 0 aliphatic carbocycles. The van der Waals surface area contributed by atoms with Crippen molar-refractivity contribution in [3.63, 3.8) is 0 Å². The summed E-state index contributed by atoms with van der Waals surface area (Å²) in [7, 11) is 1.59. The fraction of sp³-hybridized carbons (Fsp3) is 0.526. The van der Waals surface area contributed by atoms with E-state index in [4.69, 9.17) is 14.6 Å². The lowest BCUT2D eigenvalue weighted by molar-refractivity contribution is -0.131. The maximum atomic E-state index is 10.8. The van der Waals surface area contributed by atoms with Crippen molar-refractivity contribution in [1.82, 2.24) is 0 Å². The highest BCUT2D eigenvalue weighted by Gasteiger charge is 2.07. The molecule has 0 saturated carbocycles. The number of hydrogen-bond acceptors (Lipinski definition) is 3. The number of unbranched alkanes of at least 4 members (excludes halogenated alkanes) is 5. The number of allylic oxidation sites excluding steroid dienone is 1. The Kier molecular flexibility index (Phi) is 10.5. The molecule has 0 radical (unpaired) electrons. The number of carboxylic acids is 1. The number of rotatable bonds is 12. The van der Waals surface area contributed by atoms with Crippen molar-refractivity contribution in [2.24, 2.45) is 0 Å². The Balaban J connectivity index is 2.47. The third kappa shape index (κ3) is 8.04. The minimum atomic E-state index is -0.953. The van der Waals surface area contributed by atoms with Crippen LogP contribution in [0.5, 0.6) is 11.5 Å². The highest BCUT2D eigenvalue weighted by Crippen LogP contribution is 2.30. The number of carboxylic acid groups (broad SMARTS) is 1. The number of alkyl halides is 1. The molecule has 0 aromatic heterocycles. The highest BCUT2D eigenvalue weighted by molar-refractivity contribution is 14.1. The van der Waals surface area contributed by atoms with E-state index in [1.54, 1.807) is 14.0 Å². The van der Waals surface area contributed by atoms with Crippen LogP contribution in [0.3, 0.4) is 0 Å². The fourth-order valence-electron chi connectivity index (χ4n) is 2.39. The van der Waals surface area contributed by atoms with Crippen molar-refractivity contribution in [2.75, 3.05) is 18.1 Å². The maximum absolute atomic E-state index is 10.8. The third-order valence-corrected chi connectivity index (χ3v) is 4.51. The second-order valence-electron chi connectivity index (χ2n) is 5.69. The summed E-state index contributed by atoms with van der Waals surface area (Å²) in [5, 5.41) is 8.83. The van der Waals surface area contributed by atoms with Crippen LogP contribution in [0.25, 0.3) is 5.57 Å². The zero-order valence-corrected chi connectivity index (χ0v) is 16.7. The predicted molar refractivity (Wildman–Crippen MR) is 106 cm³/mol. The zero-order chi connectivity index (χ0) is 17.8. The molecule has 5 heteroatoms. The van der Waals surface area contributed by atoms with E-state index in [1.807, 2.05) is 18.2 Å². The summed E-state index contributed by atoms with van der Waals surface area (Å²) in [5.41, 5.74) is 1.50. The Hall–Kier alpha value is -1.24. The van der Waals surface area contributed by atoms with Crippen molar-refractivity contribution in [3.05, 3.63) is 29.8 Å².